The first-order chi connectivity index (χ1) is 10.2. The molecule has 1 atom stereocenters. The maximum atomic E-state index is 10.2. The number of carboxylic acid groups (broad SMARTS) is 1. The third-order valence-electron chi connectivity index (χ3n) is 4.06. The van der Waals surface area contributed by atoms with Gasteiger partial charge in [-0.15, -0.1) is 0 Å². The van der Waals surface area contributed by atoms with Gasteiger partial charge in [-0.25, -0.2) is 0 Å². The normalized spacial score (nSPS) is 11.9. The summed E-state index contributed by atoms with van der Waals surface area (Å²) in [5.74, 6) is -0.928. The number of aliphatic hydroxyl groups excluding tert-OH is 1. The Labute approximate surface area is 159 Å². The Morgan fingerprint density at radius 2 is 1.23 bits per heavy atom. The van der Waals surface area contributed by atoms with Crippen LogP contribution < -0.4 is 34.7 Å². The van der Waals surface area contributed by atoms with Crippen molar-refractivity contribution in [2.45, 2.75) is 109 Å². The van der Waals surface area contributed by atoms with Crippen LogP contribution in [-0.4, -0.2) is 17.2 Å². The maximum Gasteiger partial charge on any atom is 1.00 e. The molecule has 0 aliphatic rings. The van der Waals surface area contributed by atoms with E-state index in [9.17, 15) is 15.0 Å². The number of hydrogen-bond acceptors (Lipinski definition) is 3. The number of unbranched alkanes of at least 4 members (excludes halogenated alkanes) is 10. The fourth-order valence-corrected chi connectivity index (χ4v) is 2.66. The van der Waals surface area contributed by atoms with Gasteiger partial charge < -0.3 is 15.0 Å². The van der Waals surface area contributed by atoms with Gasteiger partial charge in [-0.1, -0.05) is 77.6 Å². The van der Waals surface area contributed by atoms with Gasteiger partial charge in [0.25, 0.3) is 0 Å². The predicted octanol–water partition coefficient (Wildman–Crippen LogP) is 0.973. The van der Waals surface area contributed by atoms with Crippen molar-refractivity contribution in [2.75, 3.05) is 0 Å². The van der Waals surface area contributed by atoms with E-state index < -0.39 is 5.97 Å². The van der Waals surface area contributed by atoms with Crippen molar-refractivity contribution in [2.24, 2.45) is 0 Å². The smallest absolute Gasteiger partial charge is 0.550 e. The van der Waals surface area contributed by atoms with Gasteiger partial charge in [0.1, 0.15) is 0 Å². The van der Waals surface area contributed by atoms with Crippen molar-refractivity contribution in [1.29, 1.82) is 0 Å². The fourth-order valence-electron chi connectivity index (χ4n) is 2.66. The summed E-state index contributed by atoms with van der Waals surface area (Å²) in [7, 11) is 0. The second-order valence-corrected chi connectivity index (χ2v) is 6.24. The molecule has 0 aromatic carbocycles. The molecule has 0 saturated carbocycles. The van der Waals surface area contributed by atoms with E-state index in [1.54, 1.807) is 0 Å². The van der Waals surface area contributed by atoms with Crippen LogP contribution >= 0.6 is 0 Å². The average Bonchev–Trinajstić information content (AvgIpc) is 2.45. The molecule has 0 saturated heterocycles. The molecule has 0 radical (unpaired) electrons. The van der Waals surface area contributed by atoms with Gasteiger partial charge in [-0.05, 0) is 25.7 Å². The van der Waals surface area contributed by atoms with Crippen molar-refractivity contribution in [3.05, 3.63) is 0 Å². The third-order valence-corrected chi connectivity index (χ3v) is 4.06. The molecule has 0 aromatic heterocycles. The standard InChI is InChI=1S/C18H36O3.Na/c1-2-3-4-11-14-17(19)15-12-9-7-5-6-8-10-13-16-18(20)21;/h17,19H,2-16H2,1H3,(H,20,21);/q;+1/p-1/t17-;/m1./s1. The van der Waals surface area contributed by atoms with E-state index in [0.717, 1.165) is 38.5 Å². The second-order valence-electron chi connectivity index (χ2n) is 6.24. The van der Waals surface area contributed by atoms with Crippen LogP contribution in [0.2, 0.25) is 0 Å². The van der Waals surface area contributed by atoms with Crippen LogP contribution in [0.5, 0.6) is 0 Å². The number of aliphatic hydroxyl groups is 1. The van der Waals surface area contributed by atoms with Crippen LogP contribution in [0.15, 0.2) is 0 Å². The number of aliphatic carboxylic acids is 1. The monoisotopic (exact) mass is 322 g/mol. The van der Waals surface area contributed by atoms with Crippen LogP contribution in [0.1, 0.15) is 103 Å². The SMILES string of the molecule is CCCCCC[C@@H](O)CCCCCCCCCCC(=O)[O-].[Na+]. The minimum atomic E-state index is -0.928. The van der Waals surface area contributed by atoms with Gasteiger partial charge in [0, 0.05) is 5.97 Å². The molecule has 0 rings (SSSR count). The maximum absolute atomic E-state index is 10.2. The summed E-state index contributed by atoms with van der Waals surface area (Å²) < 4.78 is 0. The topological polar surface area (TPSA) is 60.4 Å². The average molecular weight is 322 g/mol. The molecule has 0 bridgehead atoms. The van der Waals surface area contributed by atoms with E-state index >= 15 is 0 Å². The minimum absolute atomic E-state index is 0. The summed E-state index contributed by atoms with van der Waals surface area (Å²) in [5, 5.41) is 20.1. The van der Waals surface area contributed by atoms with E-state index in [0.29, 0.717) is 0 Å². The quantitative estimate of drug-likeness (QED) is 0.340. The summed E-state index contributed by atoms with van der Waals surface area (Å²) in [6.45, 7) is 2.21. The zero-order valence-corrected chi connectivity index (χ0v) is 16.9. The number of carbonyl (C=O) groups excluding carboxylic acids is 1. The van der Waals surface area contributed by atoms with Gasteiger partial charge in [-0.2, -0.15) is 0 Å². The summed E-state index contributed by atoms with van der Waals surface area (Å²) in [4.78, 5) is 10.2. The molecular formula is C18H35NaO3. The van der Waals surface area contributed by atoms with E-state index in [1.165, 1.54) is 51.4 Å². The van der Waals surface area contributed by atoms with Crippen LogP contribution in [0.3, 0.4) is 0 Å². The van der Waals surface area contributed by atoms with Crippen LogP contribution in [0, 0.1) is 0 Å². The fraction of sp³-hybridized carbons (Fsp3) is 0.944. The van der Waals surface area contributed by atoms with Crippen molar-refractivity contribution in [3.8, 4) is 0 Å². The molecule has 0 aromatic rings. The van der Waals surface area contributed by atoms with Crippen molar-refractivity contribution in [3.63, 3.8) is 0 Å². The van der Waals surface area contributed by atoms with Crippen LogP contribution in [0.25, 0.3) is 0 Å². The zero-order valence-electron chi connectivity index (χ0n) is 14.9. The molecule has 0 fully saturated rings. The van der Waals surface area contributed by atoms with Crippen LogP contribution in [0.4, 0.5) is 0 Å². The Morgan fingerprint density at radius 3 is 1.68 bits per heavy atom. The molecule has 0 amide bonds. The zero-order chi connectivity index (χ0) is 15.8. The van der Waals surface area contributed by atoms with Crippen molar-refractivity contribution >= 4 is 5.97 Å². The first-order valence-corrected chi connectivity index (χ1v) is 9.04. The summed E-state index contributed by atoms with van der Waals surface area (Å²) in [6.07, 6.45) is 15.9. The first-order valence-electron chi connectivity index (χ1n) is 9.04. The molecule has 22 heavy (non-hydrogen) atoms. The van der Waals surface area contributed by atoms with E-state index in [1.807, 2.05) is 0 Å². The number of hydrogen-bond donors (Lipinski definition) is 1. The molecule has 0 aliphatic heterocycles. The Hall–Kier alpha value is 0.430. The van der Waals surface area contributed by atoms with Gasteiger partial charge in [0.2, 0.25) is 0 Å². The molecule has 1 N–H and O–H groups in total. The van der Waals surface area contributed by atoms with Crippen molar-refractivity contribution < 1.29 is 44.6 Å². The third kappa shape index (κ3) is 20.4. The second kappa shape index (κ2) is 19.5. The molecule has 0 spiro atoms. The van der Waals surface area contributed by atoms with E-state index in [4.69, 9.17) is 0 Å². The molecule has 126 valence electrons. The van der Waals surface area contributed by atoms with E-state index in [2.05, 4.69) is 6.92 Å². The van der Waals surface area contributed by atoms with Gasteiger partial charge in [0.05, 0.1) is 6.10 Å². The predicted molar refractivity (Wildman–Crippen MR) is 85.9 cm³/mol. The number of rotatable bonds is 16. The largest absolute Gasteiger partial charge is 1.00 e. The first kappa shape index (κ1) is 24.7. The van der Waals surface area contributed by atoms with Crippen LogP contribution in [-0.2, 0) is 4.79 Å². The summed E-state index contributed by atoms with van der Waals surface area (Å²) >= 11 is 0. The number of carboxylic acids is 1. The molecule has 0 unspecified atom stereocenters. The van der Waals surface area contributed by atoms with Gasteiger partial charge in [-0.3, -0.25) is 0 Å². The Bertz CT molecular complexity index is 234. The van der Waals surface area contributed by atoms with Gasteiger partial charge >= 0.3 is 29.6 Å². The van der Waals surface area contributed by atoms with Gasteiger partial charge in [0.15, 0.2) is 0 Å². The Morgan fingerprint density at radius 1 is 0.818 bits per heavy atom. The Kier molecular flexibility index (Phi) is 21.8. The summed E-state index contributed by atoms with van der Waals surface area (Å²) in [5.41, 5.74) is 0. The number of carbonyl (C=O) groups is 1. The molecular weight excluding hydrogens is 287 g/mol. The molecule has 0 aliphatic carbocycles. The minimum Gasteiger partial charge on any atom is -0.550 e. The van der Waals surface area contributed by atoms with Crippen molar-refractivity contribution in [1.82, 2.24) is 0 Å². The molecule has 0 heterocycles. The molecule has 4 heteroatoms. The summed E-state index contributed by atoms with van der Waals surface area (Å²) in [6, 6.07) is 0. The Balaban J connectivity index is 0. The molecule has 3 nitrogen and oxygen atoms in total. The van der Waals surface area contributed by atoms with E-state index in [-0.39, 0.29) is 42.1 Å².